The van der Waals surface area contributed by atoms with Crippen molar-refractivity contribution < 1.29 is 0 Å². The van der Waals surface area contributed by atoms with Crippen LogP contribution in [0.15, 0.2) is 9.59 Å². The first-order valence-corrected chi connectivity index (χ1v) is 6.64. The largest absolute Gasteiger partial charge is 0.332 e. The SMILES string of the molecule is CC(C)CCn1c(=S)[nH]c2c1c(=O)n(C)c(=O)n2C. The van der Waals surface area contributed by atoms with Gasteiger partial charge < -0.3 is 9.55 Å². The molecule has 0 saturated carbocycles. The van der Waals surface area contributed by atoms with Crippen LogP contribution in [-0.4, -0.2) is 18.7 Å². The predicted octanol–water partition coefficient (Wildman–Crippen LogP) is 1.14. The molecule has 0 saturated heterocycles. The normalized spacial score (nSPS) is 11.6. The molecule has 0 bridgehead atoms. The molecular weight excluding hydrogens is 264 g/mol. The van der Waals surface area contributed by atoms with Crippen molar-refractivity contribution in [3.8, 4) is 0 Å². The number of aryl methyl sites for hydroxylation is 2. The van der Waals surface area contributed by atoms with Crippen LogP contribution in [-0.2, 0) is 20.6 Å². The van der Waals surface area contributed by atoms with Crippen LogP contribution in [0, 0.1) is 10.7 Å². The third-order valence-electron chi connectivity index (χ3n) is 3.31. The Kier molecular flexibility index (Phi) is 3.49. The second kappa shape index (κ2) is 4.80. The fraction of sp³-hybridized carbons (Fsp3) is 0.583. The van der Waals surface area contributed by atoms with E-state index in [4.69, 9.17) is 12.2 Å². The molecule has 2 aromatic rings. The first kappa shape index (κ1) is 13.8. The molecule has 0 spiro atoms. The highest BCUT2D eigenvalue weighted by molar-refractivity contribution is 7.71. The lowest BCUT2D eigenvalue weighted by atomic mass is 10.1. The van der Waals surface area contributed by atoms with Gasteiger partial charge in [-0.25, -0.2) is 4.79 Å². The van der Waals surface area contributed by atoms with Crippen molar-refractivity contribution in [3.05, 3.63) is 25.6 Å². The molecule has 0 aromatic carbocycles. The fourth-order valence-corrected chi connectivity index (χ4v) is 2.36. The lowest BCUT2D eigenvalue weighted by molar-refractivity contribution is 0.519. The van der Waals surface area contributed by atoms with E-state index in [1.54, 1.807) is 11.6 Å². The molecule has 0 atom stereocenters. The highest BCUT2D eigenvalue weighted by Crippen LogP contribution is 2.10. The molecule has 104 valence electrons. The number of fused-ring (bicyclic) bond motifs is 1. The van der Waals surface area contributed by atoms with E-state index in [1.807, 2.05) is 0 Å². The van der Waals surface area contributed by atoms with E-state index in [-0.39, 0.29) is 11.2 Å². The molecule has 7 heteroatoms. The number of nitrogens with zero attached hydrogens (tertiary/aromatic N) is 3. The van der Waals surface area contributed by atoms with Gasteiger partial charge in [0.15, 0.2) is 10.3 Å². The van der Waals surface area contributed by atoms with Crippen LogP contribution in [0.5, 0.6) is 0 Å². The van der Waals surface area contributed by atoms with Gasteiger partial charge >= 0.3 is 5.69 Å². The topological polar surface area (TPSA) is 64.7 Å². The fourth-order valence-electron chi connectivity index (χ4n) is 2.08. The summed E-state index contributed by atoms with van der Waals surface area (Å²) in [6.45, 7) is 4.91. The second-order valence-electron chi connectivity index (χ2n) is 5.17. The van der Waals surface area contributed by atoms with Gasteiger partial charge in [0.1, 0.15) is 5.65 Å². The maximum absolute atomic E-state index is 12.2. The van der Waals surface area contributed by atoms with Crippen LogP contribution in [0.2, 0.25) is 0 Å². The van der Waals surface area contributed by atoms with Crippen LogP contribution < -0.4 is 11.2 Å². The van der Waals surface area contributed by atoms with Crippen molar-refractivity contribution >= 4 is 23.4 Å². The molecule has 2 rings (SSSR count). The smallest absolute Gasteiger partial charge is 0.316 e. The number of hydrogen-bond donors (Lipinski definition) is 1. The first-order valence-electron chi connectivity index (χ1n) is 6.23. The van der Waals surface area contributed by atoms with Crippen LogP contribution in [0.25, 0.3) is 11.2 Å². The number of rotatable bonds is 3. The summed E-state index contributed by atoms with van der Waals surface area (Å²) in [5.74, 6) is 0.517. The Morgan fingerprint density at radius 3 is 2.42 bits per heavy atom. The summed E-state index contributed by atoms with van der Waals surface area (Å²) in [6, 6.07) is 0. The van der Waals surface area contributed by atoms with Gasteiger partial charge in [0, 0.05) is 20.6 Å². The number of hydrogen-bond acceptors (Lipinski definition) is 3. The standard InChI is InChI=1S/C12H18N4O2S/c1-7(2)5-6-16-8-9(13-11(16)19)14(3)12(18)15(4)10(8)17/h7H,5-6H2,1-4H3,(H,13,19). The van der Waals surface area contributed by atoms with Gasteiger partial charge in [-0.05, 0) is 24.6 Å². The number of imidazole rings is 1. The van der Waals surface area contributed by atoms with Gasteiger partial charge in [0.05, 0.1) is 0 Å². The second-order valence-corrected chi connectivity index (χ2v) is 5.55. The molecule has 6 nitrogen and oxygen atoms in total. The van der Waals surface area contributed by atoms with E-state index in [0.29, 0.717) is 28.4 Å². The molecule has 0 aliphatic carbocycles. The maximum Gasteiger partial charge on any atom is 0.332 e. The molecule has 0 amide bonds. The number of nitrogens with one attached hydrogen (secondary N) is 1. The highest BCUT2D eigenvalue weighted by atomic mass is 32.1. The molecular formula is C12H18N4O2S. The van der Waals surface area contributed by atoms with E-state index in [1.165, 1.54) is 11.6 Å². The van der Waals surface area contributed by atoms with Crippen molar-refractivity contribution in [1.29, 1.82) is 0 Å². The third-order valence-corrected chi connectivity index (χ3v) is 3.63. The first-order chi connectivity index (χ1) is 8.84. The van der Waals surface area contributed by atoms with Gasteiger partial charge in [-0.3, -0.25) is 13.9 Å². The van der Waals surface area contributed by atoms with Gasteiger partial charge in [-0.1, -0.05) is 13.8 Å². The van der Waals surface area contributed by atoms with E-state index in [9.17, 15) is 9.59 Å². The average Bonchev–Trinajstić information content (AvgIpc) is 2.68. The third kappa shape index (κ3) is 2.18. The summed E-state index contributed by atoms with van der Waals surface area (Å²) in [7, 11) is 3.11. The predicted molar refractivity (Wildman–Crippen MR) is 77.1 cm³/mol. The molecule has 0 radical (unpaired) electrons. The summed E-state index contributed by atoms with van der Waals surface area (Å²) < 4.78 is 4.79. The molecule has 0 fully saturated rings. The minimum Gasteiger partial charge on any atom is -0.316 e. The molecule has 19 heavy (non-hydrogen) atoms. The molecule has 2 aromatic heterocycles. The molecule has 0 aliphatic heterocycles. The number of aromatic nitrogens is 4. The minimum absolute atomic E-state index is 0.311. The van der Waals surface area contributed by atoms with E-state index < -0.39 is 0 Å². The van der Waals surface area contributed by atoms with Crippen LogP contribution in [0.3, 0.4) is 0 Å². The molecule has 0 aliphatic rings. The summed E-state index contributed by atoms with van der Waals surface area (Å²) in [5, 5.41) is 0. The van der Waals surface area contributed by atoms with Crippen LogP contribution in [0.4, 0.5) is 0 Å². The van der Waals surface area contributed by atoms with Gasteiger partial charge in [0.25, 0.3) is 5.56 Å². The Morgan fingerprint density at radius 1 is 1.21 bits per heavy atom. The zero-order valence-corrected chi connectivity index (χ0v) is 12.4. The van der Waals surface area contributed by atoms with Crippen LogP contribution in [0.1, 0.15) is 20.3 Å². The molecule has 2 heterocycles. The Balaban J connectivity index is 2.80. The Labute approximate surface area is 115 Å². The Bertz CT molecular complexity index is 791. The Hall–Kier alpha value is -1.63. The minimum atomic E-state index is -0.357. The summed E-state index contributed by atoms with van der Waals surface area (Å²) >= 11 is 5.25. The van der Waals surface area contributed by atoms with Gasteiger partial charge in [0.2, 0.25) is 0 Å². The van der Waals surface area contributed by atoms with Crippen molar-refractivity contribution in [2.24, 2.45) is 20.0 Å². The van der Waals surface area contributed by atoms with E-state index >= 15 is 0 Å². The quantitative estimate of drug-likeness (QED) is 0.859. The van der Waals surface area contributed by atoms with Crippen molar-refractivity contribution in [1.82, 2.24) is 18.7 Å². The van der Waals surface area contributed by atoms with E-state index in [2.05, 4.69) is 18.8 Å². The van der Waals surface area contributed by atoms with Crippen molar-refractivity contribution in [2.45, 2.75) is 26.8 Å². The zero-order chi connectivity index (χ0) is 14.3. The Morgan fingerprint density at radius 2 is 1.84 bits per heavy atom. The number of aromatic amines is 1. The van der Waals surface area contributed by atoms with Gasteiger partial charge in [-0.2, -0.15) is 0 Å². The maximum atomic E-state index is 12.2. The molecule has 1 N–H and O–H groups in total. The zero-order valence-electron chi connectivity index (χ0n) is 11.6. The number of H-pyrrole nitrogens is 1. The lowest BCUT2D eigenvalue weighted by Crippen LogP contribution is -2.37. The van der Waals surface area contributed by atoms with Crippen LogP contribution >= 0.6 is 12.2 Å². The molecule has 0 unspecified atom stereocenters. The summed E-state index contributed by atoms with van der Waals surface area (Å²) in [4.78, 5) is 27.1. The highest BCUT2D eigenvalue weighted by Gasteiger charge is 2.14. The van der Waals surface area contributed by atoms with Gasteiger partial charge in [-0.15, -0.1) is 0 Å². The van der Waals surface area contributed by atoms with Crippen molar-refractivity contribution in [3.63, 3.8) is 0 Å². The summed E-state index contributed by atoms with van der Waals surface area (Å²) in [5.41, 5.74) is 0.288. The average molecular weight is 282 g/mol. The lowest BCUT2D eigenvalue weighted by Gasteiger charge is -2.08. The summed E-state index contributed by atoms with van der Waals surface area (Å²) in [6.07, 6.45) is 0.924. The van der Waals surface area contributed by atoms with Crippen molar-refractivity contribution in [2.75, 3.05) is 0 Å². The van der Waals surface area contributed by atoms with E-state index in [0.717, 1.165) is 11.0 Å². The monoisotopic (exact) mass is 282 g/mol.